The largest absolute Gasteiger partial charge is 0.466 e. The van der Waals surface area contributed by atoms with Crippen LogP contribution in [-0.4, -0.2) is 46.9 Å². The molecular formula is C23H29N3O5. The Morgan fingerprint density at radius 1 is 1.03 bits per heavy atom. The lowest BCUT2D eigenvalue weighted by molar-refractivity contribution is -0.143. The Hall–Kier alpha value is -3.42. The average molecular weight is 428 g/mol. The Morgan fingerprint density at radius 3 is 2.39 bits per heavy atom. The predicted octanol–water partition coefficient (Wildman–Crippen LogP) is 2.60. The molecule has 8 heteroatoms. The highest BCUT2D eigenvalue weighted by Crippen LogP contribution is 2.13. The number of ether oxygens (including phenoxy) is 1. The molecule has 0 radical (unpaired) electrons. The van der Waals surface area contributed by atoms with Crippen LogP contribution in [0.15, 0.2) is 47.4 Å². The molecule has 2 amide bonds. The second-order valence-electron chi connectivity index (χ2n) is 7.15. The first kappa shape index (κ1) is 23.9. The SMILES string of the molecule is CCCN(CCC(=O)OCC)C(=O)c1ccc(NC(=O)Cn2cc(C)ccc2=O)cc1. The fourth-order valence-electron chi connectivity index (χ4n) is 3.05. The van der Waals surface area contributed by atoms with Crippen molar-refractivity contribution in [1.82, 2.24) is 9.47 Å². The zero-order chi connectivity index (χ0) is 22.8. The molecule has 0 aliphatic carbocycles. The van der Waals surface area contributed by atoms with Gasteiger partial charge in [-0.2, -0.15) is 0 Å². The van der Waals surface area contributed by atoms with E-state index in [9.17, 15) is 19.2 Å². The number of carbonyl (C=O) groups is 3. The van der Waals surface area contributed by atoms with E-state index < -0.39 is 0 Å². The quantitative estimate of drug-likeness (QED) is 0.588. The third-order valence-electron chi connectivity index (χ3n) is 4.53. The number of aromatic nitrogens is 1. The monoisotopic (exact) mass is 427 g/mol. The Morgan fingerprint density at radius 2 is 1.74 bits per heavy atom. The number of amides is 2. The molecule has 31 heavy (non-hydrogen) atoms. The molecular weight excluding hydrogens is 398 g/mol. The Labute approximate surface area is 181 Å². The van der Waals surface area contributed by atoms with Crippen molar-refractivity contribution in [3.05, 3.63) is 64.1 Å². The van der Waals surface area contributed by atoms with E-state index in [2.05, 4.69) is 5.32 Å². The number of hydrogen-bond donors (Lipinski definition) is 1. The standard InChI is InChI=1S/C23H29N3O5/c1-4-13-25(14-12-22(29)31-5-2)23(30)18-7-9-19(10-8-18)24-20(27)16-26-15-17(3)6-11-21(26)28/h6-11,15H,4-5,12-14,16H2,1-3H3,(H,24,27). The third kappa shape index (κ3) is 7.40. The molecule has 0 bridgehead atoms. The van der Waals surface area contributed by atoms with E-state index in [0.29, 0.717) is 24.4 Å². The number of nitrogens with one attached hydrogen (secondary N) is 1. The van der Waals surface area contributed by atoms with Gasteiger partial charge in [-0.1, -0.05) is 13.0 Å². The maximum atomic E-state index is 12.8. The first-order valence-electron chi connectivity index (χ1n) is 10.4. The fourth-order valence-corrected chi connectivity index (χ4v) is 3.05. The van der Waals surface area contributed by atoms with Crippen LogP contribution < -0.4 is 10.9 Å². The minimum absolute atomic E-state index is 0.0979. The van der Waals surface area contributed by atoms with Crippen molar-refractivity contribution in [3.8, 4) is 0 Å². The van der Waals surface area contributed by atoms with Crippen LogP contribution in [0, 0.1) is 6.92 Å². The van der Waals surface area contributed by atoms with Crippen LogP contribution in [0.25, 0.3) is 0 Å². The van der Waals surface area contributed by atoms with Crippen molar-refractivity contribution < 1.29 is 19.1 Å². The number of benzene rings is 1. The van der Waals surface area contributed by atoms with Crippen LogP contribution in [0.1, 0.15) is 42.6 Å². The lowest BCUT2D eigenvalue weighted by Gasteiger charge is -2.22. The molecule has 0 saturated carbocycles. The van der Waals surface area contributed by atoms with E-state index in [4.69, 9.17) is 4.74 Å². The molecule has 0 saturated heterocycles. The Balaban J connectivity index is 1.99. The van der Waals surface area contributed by atoms with Gasteiger partial charge in [-0.15, -0.1) is 0 Å². The number of rotatable bonds is 10. The summed E-state index contributed by atoms with van der Waals surface area (Å²) in [4.78, 5) is 50.1. The van der Waals surface area contributed by atoms with Crippen LogP contribution in [0.2, 0.25) is 0 Å². The van der Waals surface area contributed by atoms with Gasteiger partial charge in [0.1, 0.15) is 6.54 Å². The van der Waals surface area contributed by atoms with E-state index in [1.54, 1.807) is 48.4 Å². The zero-order valence-corrected chi connectivity index (χ0v) is 18.2. The summed E-state index contributed by atoms with van der Waals surface area (Å²) in [7, 11) is 0. The highest BCUT2D eigenvalue weighted by molar-refractivity contribution is 5.96. The van der Waals surface area contributed by atoms with E-state index in [0.717, 1.165) is 12.0 Å². The van der Waals surface area contributed by atoms with Gasteiger partial charge in [0.25, 0.3) is 11.5 Å². The maximum Gasteiger partial charge on any atom is 0.307 e. The van der Waals surface area contributed by atoms with Crippen LogP contribution in [0.3, 0.4) is 0 Å². The lowest BCUT2D eigenvalue weighted by Crippen LogP contribution is -2.34. The van der Waals surface area contributed by atoms with Crippen LogP contribution in [0.4, 0.5) is 5.69 Å². The first-order chi connectivity index (χ1) is 14.8. The molecule has 8 nitrogen and oxygen atoms in total. The number of carbonyl (C=O) groups excluding carboxylic acids is 3. The number of nitrogens with zero attached hydrogens (tertiary/aromatic N) is 2. The Bertz CT molecular complexity index is 966. The minimum Gasteiger partial charge on any atom is -0.466 e. The van der Waals surface area contributed by atoms with E-state index in [1.165, 1.54) is 10.6 Å². The van der Waals surface area contributed by atoms with Crippen molar-refractivity contribution in [2.24, 2.45) is 0 Å². The normalized spacial score (nSPS) is 10.4. The van der Waals surface area contributed by atoms with Crippen LogP contribution in [-0.2, 0) is 20.9 Å². The summed E-state index contributed by atoms with van der Waals surface area (Å²) in [6.07, 6.45) is 2.54. The zero-order valence-electron chi connectivity index (χ0n) is 18.2. The van der Waals surface area contributed by atoms with Crippen LogP contribution >= 0.6 is 0 Å². The number of pyridine rings is 1. The first-order valence-corrected chi connectivity index (χ1v) is 10.4. The summed E-state index contributed by atoms with van der Waals surface area (Å²) >= 11 is 0. The number of hydrogen-bond acceptors (Lipinski definition) is 5. The van der Waals surface area contributed by atoms with Gasteiger partial charge in [0, 0.05) is 36.6 Å². The third-order valence-corrected chi connectivity index (χ3v) is 4.53. The molecule has 1 N–H and O–H groups in total. The highest BCUT2D eigenvalue weighted by Gasteiger charge is 2.17. The van der Waals surface area contributed by atoms with Gasteiger partial charge in [0.05, 0.1) is 13.0 Å². The topological polar surface area (TPSA) is 97.7 Å². The lowest BCUT2D eigenvalue weighted by atomic mass is 10.1. The smallest absolute Gasteiger partial charge is 0.307 e. The van der Waals surface area contributed by atoms with Crippen molar-refractivity contribution in [2.45, 2.75) is 40.2 Å². The molecule has 1 heterocycles. The molecule has 0 fully saturated rings. The number of anilines is 1. The van der Waals surface area contributed by atoms with Crippen LogP contribution in [0.5, 0.6) is 0 Å². The predicted molar refractivity (Wildman–Crippen MR) is 118 cm³/mol. The maximum absolute atomic E-state index is 12.8. The van der Waals surface area contributed by atoms with Gasteiger partial charge >= 0.3 is 5.97 Å². The summed E-state index contributed by atoms with van der Waals surface area (Å²) in [5.74, 6) is -0.855. The van der Waals surface area contributed by atoms with Crippen molar-refractivity contribution >= 4 is 23.5 Å². The molecule has 0 unspecified atom stereocenters. The van der Waals surface area contributed by atoms with E-state index in [1.807, 2.05) is 13.8 Å². The molecule has 1 aromatic heterocycles. The second kappa shape index (κ2) is 11.7. The highest BCUT2D eigenvalue weighted by atomic mass is 16.5. The average Bonchev–Trinajstić information content (AvgIpc) is 2.74. The number of esters is 1. The fraction of sp³-hybridized carbons (Fsp3) is 0.391. The molecule has 0 atom stereocenters. The molecule has 2 rings (SSSR count). The molecule has 0 spiro atoms. The summed E-state index contributed by atoms with van der Waals surface area (Å²) < 4.78 is 6.27. The van der Waals surface area contributed by atoms with Gasteiger partial charge in [0.15, 0.2) is 0 Å². The number of aryl methyl sites for hydroxylation is 1. The Kier molecular flexibility index (Phi) is 8.99. The second-order valence-corrected chi connectivity index (χ2v) is 7.15. The molecule has 2 aromatic rings. The van der Waals surface area contributed by atoms with Gasteiger partial charge in [0.2, 0.25) is 5.91 Å². The summed E-state index contributed by atoms with van der Waals surface area (Å²) in [6.45, 7) is 6.58. The van der Waals surface area contributed by atoms with Crippen molar-refractivity contribution in [2.75, 3.05) is 25.0 Å². The van der Waals surface area contributed by atoms with Gasteiger partial charge in [-0.3, -0.25) is 19.2 Å². The summed E-state index contributed by atoms with van der Waals surface area (Å²) in [5.41, 5.74) is 1.62. The molecule has 1 aromatic carbocycles. The van der Waals surface area contributed by atoms with E-state index in [-0.39, 0.29) is 42.9 Å². The summed E-state index contributed by atoms with van der Waals surface area (Å²) in [6, 6.07) is 9.65. The molecule has 0 aliphatic heterocycles. The van der Waals surface area contributed by atoms with Gasteiger partial charge < -0.3 is 19.5 Å². The summed E-state index contributed by atoms with van der Waals surface area (Å²) in [5, 5.41) is 2.73. The van der Waals surface area contributed by atoms with Crippen molar-refractivity contribution in [3.63, 3.8) is 0 Å². The molecule has 166 valence electrons. The molecule has 0 aliphatic rings. The minimum atomic E-state index is -0.339. The van der Waals surface area contributed by atoms with Gasteiger partial charge in [-0.25, -0.2) is 0 Å². The van der Waals surface area contributed by atoms with E-state index >= 15 is 0 Å². The van der Waals surface area contributed by atoms with Crippen molar-refractivity contribution in [1.29, 1.82) is 0 Å². The van der Waals surface area contributed by atoms with Gasteiger partial charge in [-0.05, 0) is 50.1 Å².